The molecule has 0 aliphatic carbocycles. The van der Waals surface area contributed by atoms with Crippen molar-refractivity contribution in [3.05, 3.63) is 53.7 Å². The van der Waals surface area contributed by atoms with Gasteiger partial charge in [-0.2, -0.15) is 0 Å². The maximum absolute atomic E-state index is 12.0. The summed E-state index contributed by atoms with van der Waals surface area (Å²) in [6, 6.07) is 11.1. The van der Waals surface area contributed by atoms with Gasteiger partial charge in [-0.3, -0.25) is 0 Å². The van der Waals surface area contributed by atoms with Gasteiger partial charge in [-0.25, -0.2) is 13.4 Å². The van der Waals surface area contributed by atoms with Crippen LogP contribution in [0.5, 0.6) is 0 Å². The minimum atomic E-state index is -3.53. The molecule has 0 fully saturated rings. The minimum absolute atomic E-state index is 0.00287. The highest BCUT2D eigenvalue weighted by atomic mass is 35.5. The third-order valence-corrected chi connectivity index (χ3v) is 3.94. The molecule has 0 N–H and O–H groups in total. The molecule has 3 nitrogen and oxygen atoms in total. The van der Waals surface area contributed by atoms with Gasteiger partial charge < -0.3 is 0 Å². The van der Waals surface area contributed by atoms with Crippen molar-refractivity contribution in [2.24, 2.45) is 0 Å². The fourth-order valence-electron chi connectivity index (χ4n) is 1.24. The number of aromatic nitrogens is 1. The van der Waals surface area contributed by atoms with Gasteiger partial charge in [0.2, 0.25) is 9.84 Å². The van der Waals surface area contributed by atoms with E-state index in [4.69, 9.17) is 11.6 Å². The SMILES string of the molecule is O=S(=O)(c1ccccc1)c1ccc(Cl)cn1. The molecule has 0 radical (unpaired) electrons. The number of sulfone groups is 1. The number of hydrogen-bond donors (Lipinski definition) is 0. The van der Waals surface area contributed by atoms with Gasteiger partial charge in [0.25, 0.3) is 0 Å². The van der Waals surface area contributed by atoms with Gasteiger partial charge in [0.1, 0.15) is 0 Å². The molecule has 0 unspecified atom stereocenters. The van der Waals surface area contributed by atoms with Crippen molar-refractivity contribution < 1.29 is 8.42 Å². The van der Waals surface area contributed by atoms with E-state index in [1.54, 1.807) is 18.2 Å². The van der Waals surface area contributed by atoms with Crippen LogP contribution in [-0.4, -0.2) is 13.4 Å². The largest absolute Gasteiger partial charge is 0.243 e. The molecule has 0 spiro atoms. The van der Waals surface area contributed by atoms with Crippen molar-refractivity contribution in [1.82, 2.24) is 4.98 Å². The average molecular weight is 254 g/mol. The number of benzene rings is 1. The van der Waals surface area contributed by atoms with Crippen molar-refractivity contribution in [2.75, 3.05) is 0 Å². The third-order valence-electron chi connectivity index (χ3n) is 2.03. The maximum Gasteiger partial charge on any atom is 0.223 e. The second-order valence-electron chi connectivity index (χ2n) is 3.13. The summed E-state index contributed by atoms with van der Waals surface area (Å²) >= 11 is 5.65. The first kappa shape index (κ1) is 11.1. The molecular formula is C11H8ClNO2S. The molecule has 2 rings (SSSR count). The van der Waals surface area contributed by atoms with Crippen LogP contribution in [0, 0.1) is 0 Å². The van der Waals surface area contributed by atoms with Gasteiger partial charge in [0.15, 0.2) is 5.03 Å². The summed E-state index contributed by atoms with van der Waals surface area (Å²) in [5.41, 5.74) is 0. The standard InChI is InChI=1S/C11H8ClNO2S/c12-9-6-7-11(13-8-9)16(14,15)10-4-2-1-3-5-10/h1-8H. The zero-order chi connectivity index (χ0) is 11.6. The average Bonchev–Trinajstić information content (AvgIpc) is 2.31. The zero-order valence-corrected chi connectivity index (χ0v) is 9.74. The fourth-order valence-corrected chi connectivity index (χ4v) is 2.55. The van der Waals surface area contributed by atoms with Crippen LogP contribution in [0.3, 0.4) is 0 Å². The Morgan fingerprint density at radius 1 is 1.00 bits per heavy atom. The number of hydrogen-bond acceptors (Lipinski definition) is 3. The predicted molar refractivity (Wildman–Crippen MR) is 61.1 cm³/mol. The van der Waals surface area contributed by atoms with Gasteiger partial charge >= 0.3 is 0 Å². The van der Waals surface area contributed by atoms with Gasteiger partial charge in [-0.15, -0.1) is 0 Å². The Hall–Kier alpha value is -1.39. The first-order chi connectivity index (χ1) is 7.60. The van der Waals surface area contributed by atoms with Crippen LogP contribution in [0.25, 0.3) is 0 Å². The van der Waals surface area contributed by atoms with Crippen LogP contribution in [0.2, 0.25) is 5.02 Å². The zero-order valence-electron chi connectivity index (χ0n) is 8.17. The van der Waals surface area contributed by atoms with Crippen LogP contribution in [0.4, 0.5) is 0 Å². The first-order valence-corrected chi connectivity index (χ1v) is 6.38. The number of rotatable bonds is 2. The van der Waals surface area contributed by atoms with Gasteiger partial charge in [0.05, 0.1) is 9.92 Å². The number of pyridine rings is 1. The summed E-state index contributed by atoms with van der Waals surface area (Å²) in [6.07, 6.45) is 1.32. The monoisotopic (exact) mass is 253 g/mol. The van der Waals surface area contributed by atoms with Crippen molar-refractivity contribution in [3.63, 3.8) is 0 Å². The summed E-state index contributed by atoms with van der Waals surface area (Å²) in [6.45, 7) is 0. The van der Waals surface area contributed by atoms with E-state index in [-0.39, 0.29) is 9.92 Å². The number of halogens is 1. The van der Waals surface area contributed by atoms with Crippen LogP contribution in [0.15, 0.2) is 58.6 Å². The topological polar surface area (TPSA) is 47.0 Å². The molecule has 5 heteroatoms. The lowest BCUT2D eigenvalue weighted by Gasteiger charge is -2.02. The lowest BCUT2D eigenvalue weighted by Crippen LogP contribution is -2.03. The summed E-state index contributed by atoms with van der Waals surface area (Å²) in [4.78, 5) is 4.03. The Balaban J connectivity index is 2.52. The second kappa shape index (κ2) is 4.23. The Labute approximate surface area is 98.6 Å². The van der Waals surface area contributed by atoms with Crippen molar-refractivity contribution >= 4 is 21.4 Å². The third kappa shape index (κ3) is 2.08. The molecular weight excluding hydrogens is 246 g/mol. The van der Waals surface area contributed by atoms with Gasteiger partial charge in [-0.05, 0) is 24.3 Å². The lowest BCUT2D eigenvalue weighted by atomic mass is 10.4. The maximum atomic E-state index is 12.0. The Morgan fingerprint density at radius 2 is 1.69 bits per heavy atom. The Kier molecular flexibility index (Phi) is 2.94. The van der Waals surface area contributed by atoms with Crippen LogP contribution < -0.4 is 0 Å². The van der Waals surface area contributed by atoms with E-state index in [9.17, 15) is 8.42 Å². The molecule has 1 aromatic carbocycles. The smallest absolute Gasteiger partial charge is 0.223 e. The highest BCUT2D eigenvalue weighted by Crippen LogP contribution is 2.19. The van der Waals surface area contributed by atoms with E-state index < -0.39 is 9.84 Å². The summed E-state index contributed by atoms with van der Waals surface area (Å²) < 4.78 is 24.1. The Bertz CT molecular complexity index is 579. The molecule has 0 saturated carbocycles. The van der Waals surface area contributed by atoms with Gasteiger partial charge in [-0.1, -0.05) is 29.8 Å². The summed E-state index contributed by atoms with van der Waals surface area (Å²) in [5.74, 6) is 0. The molecule has 1 heterocycles. The first-order valence-electron chi connectivity index (χ1n) is 4.52. The molecule has 1 aromatic heterocycles. The van der Waals surface area contributed by atoms with E-state index in [2.05, 4.69) is 4.98 Å². The van der Waals surface area contributed by atoms with E-state index in [1.165, 1.54) is 30.5 Å². The van der Waals surface area contributed by atoms with E-state index in [0.29, 0.717) is 5.02 Å². The molecule has 82 valence electrons. The molecule has 0 bridgehead atoms. The molecule has 0 amide bonds. The van der Waals surface area contributed by atoms with E-state index >= 15 is 0 Å². The Morgan fingerprint density at radius 3 is 2.25 bits per heavy atom. The summed E-state index contributed by atoms with van der Waals surface area (Å²) in [7, 11) is -3.53. The lowest BCUT2D eigenvalue weighted by molar-refractivity contribution is 0.592. The molecule has 2 aromatic rings. The van der Waals surface area contributed by atoms with Crippen molar-refractivity contribution in [2.45, 2.75) is 9.92 Å². The molecule has 0 aliphatic heterocycles. The fraction of sp³-hybridized carbons (Fsp3) is 0. The highest BCUT2D eigenvalue weighted by molar-refractivity contribution is 7.91. The van der Waals surface area contributed by atoms with Crippen LogP contribution in [0.1, 0.15) is 0 Å². The molecule has 16 heavy (non-hydrogen) atoms. The summed E-state index contributed by atoms with van der Waals surface area (Å²) in [5, 5.41) is 0.412. The predicted octanol–water partition coefficient (Wildman–Crippen LogP) is 2.57. The number of nitrogens with zero attached hydrogens (tertiary/aromatic N) is 1. The normalized spacial score (nSPS) is 11.3. The second-order valence-corrected chi connectivity index (χ2v) is 5.46. The van der Waals surface area contributed by atoms with Gasteiger partial charge in [0, 0.05) is 6.20 Å². The van der Waals surface area contributed by atoms with Crippen molar-refractivity contribution in [1.29, 1.82) is 0 Å². The van der Waals surface area contributed by atoms with Crippen molar-refractivity contribution in [3.8, 4) is 0 Å². The molecule has 0 saturated heterocycles. The van der Waals surface area contributed by atoms with E-state index in [0.717, 1.165) is 0 Å². The van der Waals surface area contributed by atoms with E-state index in [1.807, 2.05) is 0 Å². The highest BCUT2D eigenvalue weighted by Gasteiger charge is 2.18. The quantitative estimate of drug-likeness (QED) is 0.826. The minimum Gasteiger partial charge on any atom is -0.243 e. The van der Waals surface area contributed by atoms with Crippen LogP contribution >= 0.6 is 11.6 Å². The molecule has 0 aliphatic rings. The van der Waals surface area contributed by atoms with Crippen LogP contribution in [-0.2, 0) is 9.84 Å². The molecule has 0 atom stereocenters.